The first kappa shape index (κ1) is 11.0. The van der Waals surface area contributed by atoms with Gasteiger partial charge in [-0.15, -0.1) is 0 Å². The van der Waals surface area contributed by atoms with Gasteiger partial charge < -0.3 is 5.32 Å². The molecule has 15 heavy (non-hydrogen) atoms. The van der Waals surface area contributed by atoms with Crippen molar-refractivity contribution in [2.24, 2.45) is 17.8 Å². The molecule has 2 unspecified atom stereocenters. The molecule has 0 bridgehead atoms. The number of hydrogen-bond acceptors (Lipinski definition) is 1. The minimum atomic E-state index is 0.160. The van der Waals surface area contributed by atoms with Crippen LogP contribution >= 0.6 is 0 Å². The molecule has 0 spiro atoms. The summed E-state index contributed by atoms with van der Waals surface area (Å²) < 4.78 is 0. The molecule has 0 aromatic heterocycles. The van der Waals surface area contributed by atoms with Crippen molar-refractivity contribution in [3.05, 3.63) is 0 Å². The fourth-order valence-corrected chi connectivity index (χ4v) is 2.57. The number of amides is 1. The van der Waals surface area contributed by atoms with Crippen molar-refractivity contribution in [3.8, 4) is 0 Å². The van der Waals surface area contributed by atoms with Crippen molar-refractivity contribution < 1.29 is 4.79 Å². The Labute approximate surface area is 92.8 Å². The lowest BCUT2D eigenvalue weighted by molar-refractivity contribution is -0.125. The third-order valence-corrected chi connectivity index (χ3v) is 4.21. The average Bonchev–Trinajstić information content (AvgIpc) is 2.70. The molecular weight excluding hydrogens is 186 g/mol. The highest BCUT2D eigenvalue weighted by molar-refractivity contribution is 5.80. The van der Waals surface area contributed by atoms with Crippen LogP contribution in [0.1, 0.15) is 52.9 Å². The first-order chi connectivity index (χ1) is 7.00. The number of nitrogens with one attached hydrogen (secondary N) is 1. The van der Waals surface area contributed by atoms with Crippen molar-refractivity contribution in [1.29, 1.82) is 0 Å². The van der Waals surface area contributed by atoms with E-state index in [4.69, 9.17) is 0 Å². The summed E-state index contributed by atoms with van der Waals surface area (Å²) >= 11 is 0. The lowest BCUT2D eigenvalue weighted by atomic mass is 9.93. The van der Waals surface area contributed by atoms with Gasteiger partial charge >= 0.3 is 0 Å². The predicted molar refractivity (Wildman–Crippen MR) is 61.5 cm³/mol. The predicted octanol–water partition coefficient (Wildman–Crippen LogP) is 2.73. The van der Waals surface area contributed by atoms with Gasteiger partial charge in [0.1, 0.15) is 0 Å². The lowest BCUT2D eigenvalue weighted by Crippen LogP contribution is -2.38. The second kappa shape index (κ2) is 3.80. The summed E-state index contributed by atoms with van der Waals surface area (Å²) in [6.45, 7) is 6.69. The minimum absolute atomic E-state index is 0.160. The average molecular weight is 209 g/mol. The zero-order chi connectivity index (χ0) is 11.1. The van der Waals surface area contributed by atoms with Crippen LogP contribution in [0.25, 0.3) is 0 Å². The Balaban J connectivity index is 1.82. The molecule has 0 aromatic rings. The third kappa shape index (κ3) is 2.53. The van der Waals surface area contributed by atoms with Crippen LogP contribution in [0.15, 0.2) is 0 Å². The molecule has 2 fully saturated rings. The van der Waals surface area contributed by atoms with E-state index >= 15 is 0 Å². The molecule has 0 aliphatic heterocycles. The molecule has 0 radical (unpaired) electrons. The molecule has 1 N–H and O–H groups in total. The van der Waals surface area contributed by atoms with Crippen LogP contribution in [0, 0.1) is 17.8 Å². The molecule has 0 heterocycles. The van der Waals surface area contributed by atoms with E-state index < -0.39 is 0 Å². The maximum Gasteiger partial charge on any atom is 0.223 e. The van der Waals surface area contributed by atoms with Crippen LogP contribution in [0.5, 0.6) is 0 Å². The zero-order valence-corrected chi connectivity index (χ0v) is 10.2. The molecule has 2 rings (SSSR count). The van der Waals surface area contributed by atoms with Crippen LogP contribution in [0.4, 0.5) is 0 Å². The van der Waals surface area contributed by atoms with E-state index in [2.05, 4.69) is 26.1 Å². The van der Waals surface area contributed by atoms with Crippen molar-refractivity contribution >= 4 is 5.91 Å². The highest BCUT2D eigenvalue weighted by Crippen LogP contribution is 2.38. The first-order valence-corrected chi connectivity index (χ1v) is 6.32. The smallest absolute Gasteiger partial charge is 0.223 e. The van der Waals surface area contributed by atoms with E-state index in [0.29, 0.717) is 11.8 Å². The first-order valence-electron chi connectivity index (χ1n) is 6.32. The topological polar surface area (TPSA) is 29.1 Å². The highest BCUT2D eigenvalue weighted by Gasteiger charge is 2.41. The SMILES string of the molecule is CC(C)C1CCC(C(=O)NC2(C)CC2)C1. The quantitative estimate of drug-likeness (QED) is 0.761. The normalized spacial score (nSPS) is 33.1. The summed E-state index contributed by atoms with van der Waals surface area (Å²) in [6, 6.07) is 0. The summed E-state index contributed by atoms with van der Waals surface area (Å²) in [5.74, 6) is 2.13. The number of hydrogen-bond donors (Lipinski definition) is 1. The zero-order valence-electron chi connectivity index (χ0n) is 10.2. The van der Waals surface area contributed by atoms with Gasteiger partial charge in [0.25, 0.3) is 0 Å². The van der Waals surface area contributed by atoms with Crippen LogP contribution in [0.3, 0.4) is 0 Å². The van der Waals surface area contributed by atoms with E-state index in [1.54, 1.807) is 0 Å². The van der Waals surface area contributed by atoms with Crippen molar-refractivity contribution in [3.63, 3.8) is 0 Å². The molecule has 2 aliphatic carbocycles. The third-order valence-electron chi connectivity index (χ3n) is 4.21. The maximum absolute atomic E-state index is 12.0. The number of rotatable bonds is 3. The van der Waals surface area contributed by atoms with E-state index in [1.807, 2.05) is 0 Å². The number of carbonyl (C=O) groups excluding carboxylic acids is 1. The fraction of sp³-hybridized carbons (Fsp3) is 0.923. The lowest BCUT2D eigenvalue weighted by Gasteiger charge is -2.17. The van der Waals surface area contributed by atoms with Crippen LogP contribution < -0.4 is 5.32 Å². The van der Waals surface area contributed by atoms with Crippen molar-refractivity contribution in [2.75, 3.05) is 0 Å². The van der Waals surface area contributed by atoms with Gasteiger partial charge in [-0.3, -0.25) is 4.79 Å². The Morgan fingerprint density at radius 3 is 2.47 bits per heavy atom. The largest absolute Gasteiger partial charge is 0.351 e. The summed E-state index contributed by atoms with van der Waals surface area (Å²) in [5.41, 5.74) is 0.160. The molecule has 2 aliphatic rings. The van der Waals surface area contributed by atoms with Gasteiger partial charge in [0.15, 0.2) is 0 Å². The summed E-state index contributed by atoms with van der Waals surface area (Å²) in [5, 5.41) is 3.19. The second-order valence-corrected chi connectivity index (χ2v) is 6.06. The Morgan fingerprint density at radius 2 is 2.00 bits per heavy atom. The van der Waals surface area contributed by atoms with Gasteiger partial charge in [0.05, 0.1) is 0 Å². The molecule has 1 amide bonds. The van der Waals surface area contributed by atoms with Gasteiger partial charge in [-0.25, -0.2) is 0 Å². The summed E-state index contributed by atoms with van der Waals surface area (Å²) in [4.78, 5) is 12.0. The second-order valence-electron chi connectivity index (χ2n) is 6.06. The van der Waals surface area contributed by atoms with E-state index in [9.17, 15) is 4.79 Å². The highest BCUT2D eigenvalue weighted by atomic mass is 16.2. The minimum Gasteiger partial charge on any atom is -0.351 e. The molecule has 2 atom stereocenters. The Morgan fingerprint density at radius 1 is 1.33 bits per heavy atom. The van der Waals surface area contributed by atoms with Crippen LogP contribution in [-0.2, 0) is 4.79 Å². The van der Waals surface area contributed by atoms with E-state index in [-0.39, 0.29) is 5.54 Å². The molecular formula is C13H23NO. The van der Waals surface area contributed by atoms with Gasteiger partial charge in [-0.2, -0.15) is 0 Å². The van der Waals surface area contributed by atoms with Gasteiger partial charge in [-0.1, -0.05) is 13.8 Å². The van der Waals surface area contributed by atoms with Gasteiger partial charge in [-0.05, 0) is 50.9 Å². The summed E-state index contributed by atoms with van der Waals surface area (Å²) in [7, 11) is 0. The molecule has 0 aromatic carbocycles. The molecule has 2 saturated carbocycles. The standard InChI is InChI=1S/C13H23NO/c1-9(2)10-4-5-11(8-10)12(15)14-13(3)6-7-13/h9-11H,4-8H2,1-3H3,(H,14,15). The van der Waals surface area contributed by atoms with Crippen LogP contribution in [-0.4, -0.2) is 11.4 Å². The van der Waals surface area contributed by atoms with Crippen molar-refractivity contribution in [1.82, 2.24) is 5.32 Å². The number of carbonyl (C=O) groups is 1. The Kier molecular flexibility index (Phi) is 2.78. The fourth-order valence-electron chi connectivity index (χ4n) is 2.57. The van der Waals surface area contributed by atoms with E-state index in [1.165, 1.54) is 19.3 Å². The van der Waals surface area contributed by atoms with Gasteiger partial charge in [0, 0.05) is 11.5 Å². The molecule has 2 nitrogen and oxygen atoms in total. The Hall–Kier alpha value is -0.530. The van der Waals surface area contributed by atoms with Gasteiger partial charge in [0.2, 0.25) is 5.91 Å². The monoisotopic (exact) mass is 209 g/mol. The maximum atomic E-state index is 12.0. The van der Waals surface area contributed by atoms with E-state index in [0.717, 1.165) is 24.7 Å². The van der Waals surface area contributed by atoms with Crippen molar-refractivity contribution in [2.45, 2.75) is 58.4 Å². The molecule has 0 saturated heterocycles. The molecule has 2 heteroatoms. The summed E-state index contributed by atoms with van der Waals surface area (Å²) in [6.07, 6.45) is 5.79. The Bertz CT molecular complexity index is 255. The molecule has 86 valence electrons. The van der Waals surface area contributed by atoms with Crippen LogP contribution in [0.2, 0.25) is 0 Å².